The van der Waals surface area contributed by atoms with Crippen LogP contribution in [0.2, 0.25) is 0 Å². The summed E-state index contributed by atoms with van der Waals surface area (Å²) in [4.78, 5) is 27.5. The molecule has 0 saturated heterocycles. The largest absolute Gasteiger partial charge is 0.483 e. The van der Waals surface area contributed by atoms with E-state index in [4.69, 9.17) is 4.74 Å². The van der Waals surface area contributed by atoms with E-state index < -0.39 is 11.8 Å². The van der Waals surface area contributed by atoms with Gasteiger partial charge in [0.2, 0.25) is 0 Å². The van der Waals surface area contributed by atoms with E-state index in [9.17, 15) is 9.59 Å². The summed E-state index contributed by atoms with van der Waals surface area (Å²) in [5, 5.41) is 0. The molecular weight excluding hydrogens is 306 g/mol. The molecule has 6 nitrogen and oxygen atoms in total. The fourth-order valence-corrected chi connectivity index (χ4v) is 2.11. The highest BCUT2D eigenvalue weighted by atomic mass is 16.5. The van der Waals surface area contributed by atoms with Crippen molar-refractivity contribution < 1.29 is 14.3 Å². The van der Waals surface area contributed by atoms with Crippen molar-refractivity contribution in [2.45, 2.75) is 26.2 Å². The van der Waals surface area contributed by atoms with E-state index in [1.54, 1.807) is 18.3 Å². The Morgan fingerprint density at radius 1 is 1.17 bits per heavy atom. The Morgan fingerprint density at radius 2 is 1.96 bits per heavy atom. The number of hydrazine groups is 1. The molecule has 0 spiro atoms. The van der Waals surface area contributed by atoms with Gasteiger partial charge in [-0.3, -0.25) is 25.4 Å². The van der Waals surface area contributed by atoms with Crippen LogP contribution in [0.4, 0.5) is 0 Å². The van der Waals surface area contributed by atoms with Gasteiger partial charge in [0.25, 0.3) is 11.8 Å². The molecule has 0 aliphatic heterocycles. The third-order valence-corrected chi connectivity index (χ3v) is 3.66. The molecule has 6 heteroatoms. The Bertz CT molecular complexity index is 689. The molecule has 0 aliphatic rings. The molecule has 1 heterocycles. The second kappa shape index (κ2) is 8.67. The van der Waals surface area contributed by atoms with E-state index in [1.165, 1.54) is 6.20 Å². The maximum atomic E-state index is 11.8. The predicted octanol–water partition coefficient (Wildman–Crippen LogP) is 2.44. The van der Waals surface area contributed by atoms with Gasteiger partial charge in [-0.05, 0) is 36.1 Å². The average molecular weight is 327 g/mol. The number of nitrogens with one attached hydrogen (secondary N) is 2. The maximum absolute atomic E-state index is 11.8. The fraction of sp³-hybridized carbons (Fsp3) is 0.278. The van der Waals surface area contributed by atoms with Gasteiger partial charge in [-0.2, -0.15) is 0 Å². The second-order valence-corrected chi connectivity index (χ2v) is 5.38. The topological polar surface area (TPSA) is 80.3 Å². The summed E-state index contributed by atoms with van der Waals surface area (Å²) in [6.45, 7) is 4.03. The quantitative estimate of drug-likeness (QED) is 0.799. The minimum atomic E-state index is -0.439. The van der Waals surface area contributed by atoms with Crippen LogP contribution in [0.15, 0.2) is 48.8 Å². The Balaban J connectivity index is 1.85. The Morgan fingerprint density at radius 3 is 2.67 bits per heavy atom. The molecule has 24 heavy (non-hydrogen) atoms. The number of rotatable bonds is 6. The van der Waals surface area contributed by atoms with Crippen molar-refractivity contribution >= 4 is 11.8 Å². The van der Waals surface area contributed by atoms with Crippen LogP contribution < -0.4 is 15.6 Å². The van der Waals surface area contributed by atoms with Crippen LogP contribution in [0.25, 0.3) is 0 Å². The van der Waals surface area contributed by atoms with Gasteiger partial charge in [0.1, 0.15) is 5.75 Å². The van der Waals surface area contributed by atoms with Gasteiger partial charge < -0.3 is 4.74 Å². The lowest BCUT2D eigenvalue weighted by atomic mass is 9.98. The van der Waals surface area contributed by atoms with Crippen LogP contribution in [0.5, 0.6) is 5.75 Å². The lowest BCUT2D eigenvalue weighted by Crippen LogP contribution is -2.43. The number of hydrogen-bond acceptors (Lipinski definition) is 4. The summed E-state index contributed by atoms with van der Waals surface area (Å²) in [5.41, 5.74) is 6.07. The zero-order valence-electron chi connectivity index (χ0n) is 13.8. The van der Waals surface area contributed by atoms with Crippen molar-refractivity contribution in [3.63, 3.8) is 0 Å². The van der Waals surface area contributed by atoms with Crippen LogP contribution in [0.1, 0.15) is 42.1 Å². The first-order valence-electron chi connectivity index (χ1n) is 7.82. The number of amides is 2. The van der Waals surface area contributed by atoms with E-state index in [0.29, 0.717) is 17.2 Å². The van der Waals surface area contributed by atoms with Crippen molar-refractivity contribution in [3.05, 3.63) is 59.9 Å². The summed E-state index contributed by atoms with van der Waals surface area (Å²) < 4.78 is 5.58. The van der Waals surface area contributed by atoms with E-state index in [2.05, 4.69) is 29.7 Å². The van der Waals surface area contributed by atoms with Gasteiger partial charge in [-0.15, -0.1) is 0 Å². The van der Waals surface area contributed by atoms with Crippen LogP contribution in [-0.2, 0) is 4.79 Å². The molecule has 0 bridgehead atoms. The van der Waals surface area contributed by atoms with Crippen molar-refractivity contribution in [1.82, 2.24) is 15.8 Å². The highest BCUT2D eigenvalue weighted by Crippen LogP contribution is 2.28. The molecule has 0 saturated carbocycles. The number of para-hydroxylation sites is 1. The number of pyridine rings is 1. The van der Waals surface area contributed by atoms with Crippen LogP contribution in [0.3, 0.4) is 0 Å². The number of carbonyl (C=O) groups excluding carboxylic acids is 2. The van der Waals surface area contributed by atoms with Crippen molar-refractivity contribution in [2.24, 2.45) is 0 Å². The van der Waals surface area contributed by atoms with Gasteiger partial charge in [-0.25, -0.2) is 0 Å². The third kappa shape index (κ3) is 4.81. The van der Waals surface area contributed by atoms with E-state index in [-0.39, 0.29) is 6.61 Å². The Labute approximate surface area is 141 Å². The van der Waals surface area contributed by atoms with Gasteiger partial charge in [0, 0.05) is 12.4 Å². The van der Waals surface area contributed by atoms with Crippen LogP contribution in [-0.4, -0.2) is 23.4 Å². The monoisotopic (exact) mass is 327 g/mol. The maximum Gasteiger partial charge on any atom is 0.276 e. The van der Waals surface area contributed by atoms with Gasteiger partial charge in [-0.1, -0.05) is 32.0 Å². The van der Waals surface area contributed by atoms with Gasteiger partial charge in [0.05, 0.1) is 5.56 Å². The van der Waals surface area contributed by atoms with Crippen LogP contribution >= 0.6 is 0 Å². The highest BCUT2D eigenvalue weighted by molar-refractivity contribution is 5.95. The summed E-state index contributed by atoms with van der Waals surface area (Å²) >= 11 is 0. The first kappa shape index (κ1) is 17.5. The summed E-state index contributed by atoms with van der Waals surface area (Å²) in [6.07, 6.45) is 3.96. The number of benzene rings is 1. The molecule has 0 radical (unpaired) electrons. The van der Waals surface area contributed by atoms with E-state index in [0.717, 1.165) is 12.0 Å². The normalized spacial score (nSPS) is 11.4. The molecule has 1 aromatic carbocycles. The second-order valence-electron chi connectivity index (χ2n) is 5.38. The van der Waals surface area contributed by atoms with Crippen molar-refractivity contribution in [2.75, 3.05) is 6.61 Å². The zero-order chi connectivity index (χ0) is 17.4. The molecule has 126 valence electrons. The highest BCUT2D eigenvalue weighted by Gasteiger charge is 2.12. The van der Waals surface area contributed by atoms with E-state index in [1.807, 2.05) is 24.3 Å². The van der Waals surface area contributed by atoms with E-state index >= 15 is 0 Å². The molecule has 2 amide bonds. The standard InChI is InChI=1S/C18H21N3O3/c1-3-13(2)15-8-4-5-9-16(15)24-12-17(22)20-21-18(23)14-7-6-10-19-11-14/h4-11,13H,3,12H2,1-2H3,(H,20,22)(H,21,23). The van der Waals surface area contributed by atoms with Crippen molar-refractivity contribution in [3.8, 4) is 5.75 Å². The molecule has 2 aromatic rings. The molecule has 1 atom stereocenters. The van der Waals surface area contributed by atoms with Crippen molar-refractivity contribution in [1.29, 1.82) is 0 Å². The first-order chi connectivity index (χ1) is 11.6. The first-order valence-corrected chi connectivity index (χ1v) is 7.82. The SMILES string of the molecule is CCC(C)c1ccccc1OCC(=O)NNC(=O)c1cccnc1. The molecule has 1 unspecified atom stereocenters. The minimum absolute atomic E-state index is 0.180. The molecule has 0 fully saturated rings. The lowest BCUT2D eigenvalue weighted by Gasteiger charge is -2.15. The smallest absolute Gasteiger partial charge is 0.276 e. The Kier molecular flexibility index (Phi) is 6.31. The predicted molar refractivity (Wildman–Crippen MR) is 90.5 cm³/mol. The zero-order valence-corrected chi connectivity index (χ0v) is 13.8. The number of ether oxygens (including phenoxy) is 1. The lowest BCUT2D eigenvalue weighted by molar-refractivity contribution is -0.123. The molecule has 2 rings (SSSR count). The van der Waals surface area contributed by atoms with Crippen LogP contribution in [0, 0.1) is 0 Å². The molecular formula is C18H21N3O3. The molecule has 2 N–H and O–H groups in total. The minimum Gasteiger partial charge on any atom is -0.483 e. The third-order valence-electron chi connectivity index (χ3n) is 3.66. The summed E-state index contributed by atoms with van der Waals surface area (Å²) in [7, 11) is 0. The summed E-state index contributed by atoms with van der Waals surface area (Å²) in [5.74, 6) is 0.151. The average Bonchev–Trinajstić information content (AvgIpc) is 2.64. The number of nitrogens with zero attached hydrogens (tertiary/aromatic N) is 1. The van der Waals surface area contributed by atoms with Gasteiger partial charge in [0.15, 0.2) is 6.61 Å². The fourth-order valence-electron chi connectivity index (χ4n) is 2.11. The number of carbonyl (C=O) groups is 2. The molecule has 0 aliphatic carbocycles. The van der Waals surface area contributed by atoms with Gasteiger partial charge >= 0.3 is 0 Å². The summed E-state index contributed by atoms with van der Waals surface area (Å²) in [6, 6.07) is 10.9. The molecule has 1 aromatic heterocycles. The Hall–Kier alpha value is -2.89. The number of hydrogen-bond donors (Lipinski definition) is 2. The number of aromatic nitrogens is 1.